The third-order valence-electron chi connectivity index (χ3n) is 0.203. The van der Waals surface area contributed by atoms with Gasteiger partial charge in [-0.2, -0.15) is 0 Å². The molecule has 1 atom stereocenters. The number of hydrogen-bond acceptors (Lipinski definition) is 6. The van der Waals surface area contributed by atoms with Crippen LogP contribution in [0.2, 0.25) is 0 Å². The van der Waals surface area contributed by atoms with E-state index in [1.54, 1.807) is 0 Å². The maximum atomic E-state index is 9.44. The molecule has 0 bridgehead atoms. The molecule has 64 valence electrons. The molecule has 1 unspecified atom stereocenters. The third-order valence-corrected chi connectivity index (χ3v) is 1.83. The fourth-order valence-corrected chi connectivity index (χ4v) is 1.14. The average Bonchev–Trinajstić information content (AvgIpc) is 1.14. The molecule has 0 spiro atoms. The zero-order valence-corrected chi connectivity index (χ0v) is 11.0. The molecule has 0 saturated carbocycles. The maximum absolute atomic E-state index is 9.44. The van der Waals surface area contributed by atoms with Gasteiger partial charge in [-0.25, -0.2) is 0 Å². The Bertz CT molecular complexity index is 157. The van der Waals surface area contributed by atoms with Crippen molar-refractivity contribution >= 4 is 15.6 Å². The van der Waals surface area contributed by atoms with E-state index in [0.29, 0.717) is 0 Å². The predicted molar refractivity (Wildman–Crippen MR) is 18.5 cm³/mol. The van der Waals surface area contributed by atoms with Gasteiger partial charge in [0.15, 0.2) is 0 Å². The quantitative estimate of drug-likeness (QED) is 0.391. The van der Waals surface area contributed by atoms with Crippen LogP contribution in [-0.2, 0) is 29.9 Å². The van der Waals surface area contributed by atoms with E-state index in [1.807, 2.05) is 0 Å². The summed E-state index contributed by atoms with van der Waals surface area (Å²) in [7, 11) is -11.0. The van der Waals surface area contributed by atoms with Crippen molar-refractivity contribution in [1.29, 1.82) is 0 Å². The van der Waals surface area contributed by atoms with E-state index < -0.39 is 15.6 Å². The van der Waals surface area contributed by atoms with E-state index >= 15 is 0 Å². The van der Waals surface area contributed by atoms with Gasteiger partial charge >= 0.3 is 67.9 Å². The summed E-state index contributed by atoms with van der Waals surface area (Å²) < 4.78 is 21.4. The molecule has 0 rings (SSSR count). The molecule has 0 aliphatic rings. The molecular weight excluding hydrogens is 272 g/mol. The van der Waals surface area contributed by atoms with Gasteiger partial charge in [0.2, 0.25) is 0 Å². The molecule has 0 amide bonds. The summed E-state index contributed by atoms with van der Waals surface area (Å²) in [6, 6.07) is 0. The molecule has 0 aliphatic carbocycles. The summed E-state index contributed by atoms with van der Waals surface area (Å²) in [5, 5.41) is 0. The van der Waals surface area contributed by atoms with Crippen molar-refractivity contribution in [1.82, 2.24) is 0 Å². The van der Waals surface area contributed by atoms with Crippen LogP contribution in [0.4, 0.5) is 0 Å². The Morgan fingerprint density at radius 1 is 1.18 bits per heavy atom. The van der Waals surface area contributed by atoms with Crippen molar-refractivity contribution in [3.05, 3.63) is 0 Å². The first kappa shape index (κ1) is 19.0. The van der Waals surface area contributed by atoms with E-state index in [0.717, 1.165) is 0 Å². The Kier molecular flexibility index (Phi) is 11.7. The standard InChI is InChI=1S/K.Ni.H4O7P2/c;;1-8(2,3)7-9(4,5)6/h;;(H2,1,2,3)(H2,4,5,6)/q+1;+2;/p-3. The van der Waals surface area contributed by atoms with E-state index in [2.05, 4.69) is 4.31 Å². The normalized spacial score (nSPS) is 15.6. The van der Waals surface area contributed by atoms with Crippen molar-refractivity contribution in [2.24, 2.45) is 0 Å². The molecule has 0 aliphatic heterocycles. The molecule has 11 heavy (non-hydrogen) atoms. The van der Waals surface area contributed by atoms with Gasteiger partial charge in [-0.15, -0.1) is 0 Å². The molecule has 0 heterocycles. The van der Waals surface area contributed by atoms with Crippen molar-refractivity contribution in [3.8, 4) is 0 Å². The minimum absolute atomic E-state index is 0. The van der Waals surface area contributed by atoms with E-state index in [-0.39, 0.29) is 67.9 Å². The molecule has 0 aromatic heterocycles. The van der Waals surface area contributed by atoms with Crippen LogP contribution in [0.15, 0.2) is 0 Å². The zero-order chi connectivity index (χ0) is 7.71. The van der Waals surface area contributed by atoms with Gasteiger partial charge in [-0.3, -0.25) is 8.88 Å². The van der Waals surface area contributed by atoms with Crippen molar-refractivity contribution in [3.63, 3.8) is 0 Å². The summed E-state index contributed by atoms with van der Waals surface area (Å²) in [4.78, 5) is 35.7. The molecule has 11 heteroatoms. The van der Waals surface area contributed by atoms with Crippen molar-refractivity contribution < 1.29 is 101 Å². The number of hydrogen-bond donors (Lipinski definition) is 1. The smallest absolute Gasteiger partial charge is 0.790 e. The van der Waals surface area contributed by atoms with Gasteiger partial charge in [0.1, 0.15) is 0 Å². The number of phosphoric acid groups is 2. The van der Waals surface area contributed by atoms with Gasteiger partial charge in [-0.1, -0.05) is 0 Å². The Hall–Kier alpha value is 2.39. The molecule has 0 radical (unpaired) electrons. The molecule has 7 nitrogen and oxygen atoms in total. The van der Waals surface area contributed by atoms with E-state index in [1.165, 1.54) is 0 Å². The van der Waals surface area contributed by atoms with Crippen LogP contribution >= 0.6 is 15.6 Å². The zero-order valence-electron chi connectivity index (χ0n) is 5.11. The van der Waals surface area contributed by atoms with Gasteiger partial charge in [0.25, 0.3) is 7.82 Å². The Labute approximate surface area is 115 Å². The topological polar surface area (TPSA) is 133 Å². The second kappa shape index (κ2) is 6.79. The van der Waals surface area contributed by atoms with Gasteiger partial charge < -0.3 is 24.1 Å². The predicted octanol–water partition coefficient (Wildman–Crippen LogP) is -5.71. The Morgan fingerprint density at radius 3 is 1.45 bits per heavy atom. The van der Waals surface area contributed by atoms with Crippen LogP contribution < -0.4 is 66.1 Å². The summed E-state index contributed by atoms with van der Waals surface area (Å²) in [5.41, 5.74) is 0. The Balaban J connectivity index is -0.000000320. The van der Waals surface area contributed by atoms with Crippen LogP contribution in [0.1, 0.15) is 0 Å². The van der Waals surface area contributed by atoms with Gasteiger partial charge in [0.05, 0.1) is 7.82 Å². The maximum Gasteiger partial charge on any atom is 2.00 e. The van der Waals surface area contributed by atoms with E-state index in [4.69, 9.17) is 4.89 Å². The monoisotopic (exact) mass is 272 g/mol. The van der Waals surface area contributed by atoms with Crippen LogP contribution in [0, 0.1) is 0 Å². The molecule has 0 aromatic carbocycles. The first-order valence-electron chi connectivity index (χ1n) is 1.48. The summed E-state index contributed by atoms with van der Waals surface area (Å²) >= 11 is 0. The molecule has 1 N–H and O–H groups in total. The molecule has 0 saturated heterocycles. The Morgan fingerprint density at radius 2 is 1.45 bits per heavy atom. The fraction of sp³-hybridized carbons (Fsp3) is 0. The third kappa shape index (κ3) is 19.0. The molecule has 0 aromatic rings. The second-order valence-electron chi connectivity index (χ2n) is 0.997. The fourth-order valence-electron chi connectivity index (χ4n) is 0.126. The second-order valence-corrected chi connectivity index (χ2v) is 3.48. The van der Waals surface area contributed by atoms with Gasteiger partial charge in [-0.05, 0) is 0 Å². The average molecular weight is 273 g/mol. The number of rotatable bonds is 2. The summed E-state index contributed by atoms with van der Waals surface area (Å²) in [6.45, 7) is 0. The summed E-state index contributed by atoms with van der Waals surface area (Å²) in [6.07, 6.45) is 0. The molecule has 0 fully saturated rings. The minimum Gasteiger partial charge on any atom is -0.790 e. The van der Waals surface area contributed by atoms with Gasteiger partial charge in [0, 0.05) is 0 Å². The first-order valence-corrected chi connectivity index (χ1v) is 4.43. The van der Waals surface area contributed by atoms with Crippen LogP contribution in [0.3, 0.4) is 0 Å². The largest absolute Gasteiger partial charge is 2.00 e. The van der Waals surface area contributed by atoms with E-state index in [9.17, 15) is 23.8 Å². The van der Waals surface area contributed by atoms with Crippen LogP contribution in [-0.4, -0.2) is 4.89 Å². The van der Waals surface area contributed by atoms with Crippen molar-refractivity contribution in [2.45, 2.75) is 0 Å². The first-order chi connectivity index (χ1) is 3.71. The van der Waals surface area contributed by atoms with Crippen LogP contribution in [0.5, 0.6) is 0 Å². The minimum atomic E-state index is -5.61. The summed E-state index contributed by atoms with van der Waals surface area (Å²) in [5.74, 6) is 0. The van der Waals surface area contributed by atoms with Crippen LogP contribution in [0.25, 0.3) is 0 Å². The molecular formula is HKNiO7P2. The SMILES string of the molecule is O=P([O-])([O-])OP(=O)([O-])O.[K+].[Ni+2]. The van der Waals surface area contributed by atoms with Crippen molar-refractivity contribution in [2.75, 3.05) is 0 Å².